The molecule has 4 heteroatoms. The van der Waals surface area contributed by atoms with Gasteiger partial charge in [-0.2, -0.15) is 0 Å². The minimum atomic E-state index is -0.103. The second-order valence-corrected chi connectivity index (χ2v) is 5.16. The lowest BCUT2D eigenvalue weighted by Gasteiger charge is -2.19. The van der Waals surface area contributed by atoms with Crippen LogP contribution in [0.2, 0.25) is 0 Å². The smallest absolute Gasteiger partial charge is 0.0889 e. The Bertz CT molecular complexity index is 348. The van der Waals surface area contributed by atoms with Crippen molar-refractivity contribution in [1.29, 1.82) is 0 Å². The quantitative estimate of drug-likeness (QED) is 0.755. The third-order valence-corrected chi connectivity index (χ3v) is 2.24. The van der Waals surface area contributed by atoms with Crippen molar-refractivity contribution >= 4 is 0 Å². The van der Waals surface area contributed by atoms with Crippen LogP contribution < -0.4 is 5.32 Å². The van der Waals surface area contributed by atoms with Crippen molar-refractivity contribution in [2.24, 2.45) is 0 Å². The van der Waals surface area contributed by atoms with E-state index in [9.17, 15) is 0 Å². The molecule has 0 aromatic carbocycles. The molecule has 0 aliphatic carbocycles. The van der Waals surface area contributed by atoms with Crippen LogP contribution in [0.3, 0.4) is 0 Å². The fourth-order valence-corrected chi connectivity index (χ4v) is 1.47. The van der Waals surface area contributed by atoms with E-state index < -0.39 is 0 Å². The van der Waals surface area contributed by atoms with Crippen molar-refractivity contribution < 1.29 is 9.47 Å². The van der Waals surface area contributed by atoms with Gasteiger partial charge in [0.25, 0.3) is 0 Å². The van der Waals surface area contributed by atoms with Crippen LogP contribution in [-0.2, 0) is 22.6 Å². The maximum atomic E-state index is 5.57. The van der Waals surface area contributed by atoms with Crippen LogP contribution in [-0.4, -0.2) is 30.8 Å². The van der Waals surface area contributed by atoms with Gasteiger partial charge in [-0.3, -0.25) is 4.98 Å². The minimum absolute atomic E-state index is 0.103. The van der Waals surface area contributed by atoms with Gasteiger partial charge in [0, 0.05) is 6.54 Å². The Hall–Kier alpha value is -0.970. The summed E-state index contributed by atoms with van der Waals surface area (Å²) in [7, 11) is 1.91. The average Bonchev–Trinajstić information content (AvgIpc) is 2.28. The largest absolute Gasteiger partial charge is 0.373 e. The van der Waals surface area contributed by atoms with E-state index in [4.69, 9.17) is 9.47 Å². The predicted molar refractivity (Wildman–Crippen MR) is 72.4 cm³/mol. The summed E-state index contributed by atoms with van der Waals surface area (Å²) in [5.41, 5.74) is 1.89. The molecule has 0 saturated heterocycles. The Morgan fingerprint density at radius 3 is 2.56 bits per heavy atom. The molecule has 1 aromatic heterocycles. The van der Waals surface area contributed by atoms with E-state index in [2.05, 4.69) is 10.3 Å². The Morgan fingerprint density at radius 1 is 1.17 bits per heavy atom. The first-order valence-electron chi connectivity index (χ1n) is 6.32. The van der Waals surface area contributed by atoms with Crippen LogP contribution in [0.1, 0.15) is 32.2 Å². The van der Waals surface area contributed by atoms with Gasteiger partial charge in [0.15, 0.2) is 0 Å². The van der Waals surface area contributed by atoms with E-state index in [0.717, 1.165) is 17.9 Å². The third-order valence-electron chi connectivity index (χ3n) is 2.24. The van der Waals surface area contributed by atoms with Gasteiger partial charge in [-0.15, -0.1) is 0 Å². The topological polar surface area (TPSA) is 43.4 Å². The van der Waals surface area contributed by atoms with Gasteiger partial charge in [0.05, 0.1) is 36.8 Å². The Morgan fingerprint density at radius 2 is 1.89 bits per heavy atom. The fraction of sp³-hybridized carbons (Fsp3) is 0.643. The predicted octanol–water partition coefficient (Wildman–Crippen LogP) is 2.13. The summed E-state index contributed by atoms with van der Waals surface area (Å²) in [4.78, 5) is 4.48. The highest BCUT2D eigenvalue weighted by Gasteiger charge is 2.08. The molecule has 0 amide bonds. The van der Waals surface area contributed by atoms with E-state index in [0.29, 0.717) is 19.8 Å². The third kappa shape index (κ3) is 6.69. The van der Waals surface area contributed by atoms with Gasteiger partial charge in [-0.05, 0) is 40.0 Å². The average molecular weight is 252 g/mol. The number of hydrogen-bond donors (Lipinski definition) is 1. The number of nitrogens with one attached hydrogen (secondary N) is 1. The number of rotatable bonds is 7. The van der Waals surface area contributed by atoms with Crippen LogP contribution in [0.4, 0.5) is 0 Å². The second kappa shape index (κ2) is 7.46. The molecule has 1 N–H and O–H groups in total. The standard InChI is InChI=1S/C14H24N2O2/c1-14(2,3)18-9-8-17-11-13-7-5-6-12(16-13)10-15-4/h5-7,15H,8-11H2,1-4H3. The zero-order valence-corrected chi connectivity index (χ0v) is 11.8. The first kappa shape index (κ1) is 15.1. The van der Waals surface area contributed by atoms with E-state index >= 15 is 0 Å². The summed E-state index contributed by atoms with van der Waals surface area (Å²) in [6, 6.07) is 5.98. The number of pyridine rings is 1. The Labute approximate surface area is 110 Å². The molecule has 102 valence electrons. The maximum Gasteiger partial charge on any atom is 0.0889 e. The van der Waals surface area contributed by atoms with E-state index in [-0.39, 0.29) is 5.60 Å². The monoisotopic (exact) mass is 252 g/mol. The maximum absolute atomic E-state index is 5.57. The molecule has 1 heterocycles. The van der Waals surface area contributed by atoms with Gasteiger partial charge < -0.3 is 14.8 Å². The van der Waals surface area contributed by atoms with Gasteiger partial charge in [0.2, 0.25) is 0 Å². The molecule has 4 nitrogen and oxygen atoms in total. The molecular formula is C14H24N2O2. The van der Waals surface area contributed by atoms with Crippen LogP contribution in [0, 0.1) is 0 Å². The van der Waals surface area contributed by atoms with Crippen molar-refractivity contribution in [2.75, 3.05) is 20.3 Å². The molecule has 18 heavy (non-hydrogen) atoms. The zero-order chi connectivity index (χ0) is 13.4. The van der Waals surface area contributed by atoms with Gasteiger partial charge in [-0.1, -0.05) is 6.07 Å². The molecule has 0 saturated carbocycles. The van der Waals surface area contributed by atoms with Gasteiger partial charge in [-0.25, -0.2) is 0 Å². The summed E-state index contributed by atoms with van der Waals surface area (Å²) in [5.74, 6) is 0. The summed E-state index contributed by atoms with van der Waals surface area (Å²) in [6.07, 6.45) is 0. The molecule has 0 spiro atoms. The van der Waals surface area contributed by atoms with Gasteiger partial charge >= 0.3 is 0 Å². The van der Waals surface area contributed by atoms with Crippen LogP contribution >= 0.6 is 0 Å². The Balaban J connectivity index is 2.24. The molecule has 0 aliphatic heterocycles. The molecule has 0 fully saturated rings. The SMILES string of the molecule is CNCc1cccc(COCCOC(C)(C)C)n1. The molecule has 0 unspecified atom stereocenters. The number of nitrogens with zero attached hydrogens (tertiary/aromatic N) is 1. The second-order valence-electron chi connectivity index (χ2n) is 5.16. The summed E-state index contributed by atoms with van der Waals surface area (Å²) >= 11 is 0. The summed E-state index contributed by atoms with van der Waals surface area (Å²) in [5, 5.41) is 3.08. The van der Waals surface area contributed by atoms with Crippen LogP contribution in [0.25, 0.3) is 0 Å². The lowest BCUT2D eigenvalue weighted by atomic mass is 10.2. The zero-order valence-electron chi connectivity index (χ0n) is 11.8. The molecular weight excluding hydrogens is 228 g/mol. The minimum Gasteiger partial charge on any atom is -0.373 e. The molecule has 0 radical (unpaired) electrons. The lowest BCUT2D eigenvalue weighted by molar-refractivity contribution is -0.0380. The van der Waals surface area contributed by atoms with Crippen molar-refractivity contribution in [1.82, 2.24) is 10.3 Å². The highest BCUT2D eigenvalue weighted by molar-refractivity contribution is 5.10. The van der Waals surface area contributed by atoms with E-state index in [1.165, 1.54) is 0 Å². The van der Waals surface area contributed by atoms with Crippen LogP contribution in [0.15, 0.2) is 18.2 Å². The lowest BCUT2D eigenvalue weighted by Crippen LogP contribution is -2.21. The van der Waals surface area contributed by atoms with Gasteiger partial charge in [0.1, 0.15) is 0 Å². The fourth-order valence-electron chi connectivity index (χ4n) is 1.47. The van der Waals surface area contributed by atoms with Crippen molar-refractivity contribution in [3.05, 3.63) is 29.6 Å². The van der Waals surface area contributed by atoms with Crippen molar-refractivity contribution in [3.63, 3.8) is 0 Å². The molecule has 1 rings (SSSR count). The highest BCUT2D eigenvalue weighted by Crippen LogP contribution is 2.06. The molecule has 0 aliphatic rings. The first-order chi connectivity index (χ1) is 8.51. The normalized spacial score (nSPS) is 11.8. The molecule has 0 atom stereocenters. The van der Waals surface area contributed by atoms with Crippen molar-refractivity contribution in [3.8, 4) is 0 Å². The molecule has 1 aromatic rings. The summed E-state index contributed by atoms with van der Waals surface area (Å²) in [6.45, 7) is 8.63. The number of ether oxygens (including phenoxy) is 2. The Kier molecular flexibility index (Phi) is 6.25. The highest BCUT2D eigenvalue weighted by atomic mass is 16.5. The van der Waals surface area contributed by atoms with E-state index in [1.807, 2.05) is 46.0 Å². The number of aromatic nitrogens is 1. The molecule has 0 bridgehead atoms. The summed E-state index contributed by atoms with van der Waals surface area (Å²) < 4.78 is 11.1. The first-order valence-corrected chi connectivity index (χ1v) is 6.32. The number of hydrogen-bond acceptors (Lipinski definition) is 4. The van der Waals surface area contributed by atoms with Crippen molar-refractivity contribution in [2.45, 2.75) is 39.5 Å². The van der Waals surface area contributed by atoms with Crippen LogP contribution in [0.5, 0.6) is 0 Å². The van der Waals surface area contributed by atoms with E-state index in [1.54, 1.807) is 0 Å².